The van der Waals surface area contributed by atoms with Crippen molar-refractivity contribution in [3.63, 3.8) is 0 Å². The molecule has 120 valence electrons. The number of nitrogens with zero attached hydrogens (tertiary/aromatic N) is 1. The predicted octanol–water partition coefficient (Wildman–Crippen LogP) is 3.18. The first kappa shape index (κ1) is 15.5. The molecule has 0 unspecified atom stereocenters. The molecule has 23 heavy (non-hydrogen) atoms. The molecule has 0 fully saturated rings. The zero-order valence-electron chi connectivity index (χ0n) is 13.7. The van der Waals surface area contributed by atoms with Crippen LogP contribution < -0.4 is 10.6 Å². The summed E-state index contributed by atoms with van der Waals surface area (Å²) in [5, 5.41) is 6.28. The summed E-state index contributed by atoms with van der Waals surface area (Å²) in [6.07, 6.45) is 3.85. The number of benzene rings is 1. The van der Waals surface area contributed by atoms with Crippen LogP contribution in [-0.4, -0.2) is 17.4 Å². The summed E-state index contributed by atoms with van der Waals surface area (Å²) in [6, 6.07) is 10.2. The number of hydrogen-bond donors (Lipinski definition) is 2. The van der Waals surface area contributed by atoms with Crippen molar-refractivity contribution < 1.29 is 4.79 Å². The molecular formula is C19H23N3O. The van der Waals surface area contributed by atoms with Crippen LogP contribution in [0.15, 0.2) is 36.5 Å². The van der Waals surface area contributed by atoms with Gasteiger partial charge in [0.1, 0.15) is 0 Å². The van der Waals surface area contributed by atoms with Gasteiger partial charge in [0, 0.05) is 36.2 Å². The fraction of sp³-hybridized carbons (Fsp3) is 0.368. The van der Waals surface area contributed by atoms with E-state index in [1.54, 1.807) is 0 Å². The Morgan fingerprint density at radius 3 is 2.87 bits per heavy atom. The minimum atomic E-state index is 0.0303. The summed E-state index contributed by atoms with van der Waals surface area (Å²) in [4.78, 5) is 16.3. The van der Waals surface area contributed by atoms with Crippen LogP contribution in [0.4, 0.5) is 5.69 Å². The molecule has 1 aliphatic rings. The SMILES string of the molecule is CC(C)Cc1ccc(CNc2ccc3c(c2)CCNC3=O)cn1. The molecule has 2 heterocycles. The first-order valence-corrected chi connectivity index (χ1v) is 8.20. The van der Waals surface area contributed by atoms with Gasteiger partial charge in [-0.3, -0.25) is 9.78 Å². The average molecular weight is 309 g/mol. The van der Waals surface area contributed by atoms with Crippen LogP contribution in [0.3, 0.4) is 0 Å². The zero-order valence-corrected chi connectivity index (χ0v) is 13.7. The molecule has 1 aromatic heterocycles. The second kappa shape index (κ2) is 6.82. The Morgan fingerprint density at radius 1 is 1.26 bits per heavy atom. The maximum absolute atomic E-state index is 11.7. The lowest BCUT2D eigenvalue weighted by atomic mass is 10.00. The normalized spacial score (nSPS) is 13.6. The van der Waals surface area contributed by atoms with E-state index in [1.165, 1.54) is 0 Å². The van der Waals surface area contributed by atoms with Gasteiger partial charge >= 0.3 is 0 Å². The Hall–Kier alpha value is -2.36. The standard InChI is InChI=1S/C19H23N3O/c1-13(2)9-16-4-3-14(11-21-16)12-22-17-5-6-18-15(10-17)7-8-20-19(18)23/h3-6,10-11,13,22H,7-9,12H2,1-2H3,(H,20,23). The maximum atomic E-state index is 11.7. The Labute approximate surface area is 137 Å². The minimum Gasteiger partial charge on any atom is -0.381 e. The highest BCUT2D eigenvalue weighted by atomic mass is 16.1. The van der Waals surface area contributed by atoms with Gasteiger partial charge in [-0.05, 0) is 54.2 Å². The Bertz CT molecular complexity index is 692. The number of pyridine rings is 1. The van der Waals surface area contributed by atoms with Crippen LogP contribution in [0.2, 0.25) is 0 Å². The number of carbonyl (C=O) groups is 1. The minimum absolute atomic E-state index is 0.0303. The second-order valence-electron chi connectivity index (χ2n) is 6.49. The molecule has 4 heteroatoms. The summed E-state index contributed by atoms with van der Waals surface area (Å²) in [5.41, 5.74) is 5.26. The highest BCUT2D eigenvalue weighted by Gasteiger charge is 2.16. The lowest BCUT2D eigenvalue weighted by Crippen LogP contribution is -2.31. The molecule has 1 aliphatic heterocycles. The quantitative estimate of drug-likeness (QED) is 0.892. The largest absolute Gasteiger partial charge is 0.381 e. The summed E-state index contributed by atoms with van der Waals surface area (Å²) in [5.74, 6) is 0.655. The van der Waals surface area contributed by atoms with Gasteiger partial charge in [0.15, 0.2) is 0 Å². The van der Waals surface area contributed by atoms with E-state index in [1.807, 2.05) is 18.3 Å². The Morgan fingerprint density at radius 2 is 2.13 bits per heavy atom. The molecule has 0 spiro atoms. The molecule has 0 saturated heterocycles. The summed E-state index contributed by atoms with van der Waals surface area (Å²) >= 11 is 0. The molecule has 0 bridgehead atoms. The van der Waals surface area contributed by atoms with Crippen molar-refractivity contribution in [2.24, 2.45) is 5.92 Å². The van der Waals surface area contributed by atoms with Crippen molar-refractivity contribution in [2.75, 3.05) is 11.9 Å². The third-order valence-electron chi connectivity index (χ3n) is 4.03. The lowest BCUT2D eigenvalue weighted by molar-refractivity contribution is 0.0946. The van der Waals surface area contributed by atoms with Gasteiger partial charge in [-0.2, -0.15) is 0 Å². The summed E-state index contributed by atoms with van der Waals surface area (Å²) < 4.78 is 0. The number of carbonyl (C=O) groups excluding carboxylic acids is 1. The topological polar surface area (TPSA) is 54.0 Å². The number of amides is 1. The Balaban J connectivity index is 1.63. The first-order chi connectivity index (χ1) is 11.1. The number of rotatable bonds is 5. The maximum Gasteiger partial charge on any atom is 0.251 e. The molecule has 2 aromatic rings. The van der Waals surface area contributed by atoms with Gasteiger partial charge < -0.3 is 10.6 Å². The van der Waals surface area contributed by atoms with E-state index in [9.17, 15) is 4.79 Å². The van der Waals surface area contributed by atoms with Gasteiger partial charge in [0.2, 0.25) is 0 Å². The van der Waals surface area contributed by atoms with Crippen molar-refractivity contribution in [3.8, 4) is 0 Å². The molecule has 1 aromatic carbocycles. The van der Waals surface area contributed by atoms with Crippen LogP contribution in [-0.2, 0) is 19.4 Å². The zero-order chi connectivity index (χ0) is 16.2. The number of aromatic nitrogens is 1. The van der Waals surface area contributed by atoms with Crippen molar-refractivity contribution in [1.29, 1.82) is 0 Å². The molecular weight excluding hydrogens is 286 g/mol. The van der Waals surface area contributed by atoms with Crippen molar-refractivity contribution in [3.05, 3.63) is 58.9 Å². The summed E-state index contributed by atoms with van der Waals surface area (Å²) in [7, 11) is 0. The van der Waals surface area contributed by atoms with E-state index < -0.39 is 0 Å². The van der Waals surface area contributed by atoms with Crippen molar-refractivity contribution in [2.45, 2.75) is 33.2 Å². The molecule has 0 atom stereocenters. The molecule has 0 radical (unpaired) electrons. The van der Waals surface area contributed by atoms with Crippen LogP contribution >= 0.6 is 0 Å². The van der Waals surface area contributed by atoms with Gasteiger partial charge in [-0.25, -0.2) is 0 Å². The number of anilines is 1. The van der Waals surface area contributed by atoms with E-state index in [2.05, 4.69) is 47.7 Å². The molecule has 0 saturated carbocycles. The van der Waals surface area contributed by atoms with Crippen LogP contribution in [0.25, 0.3) is 0 Å². The highest BCUT2D eigenvalue weighted by molar-refractivity contribution is 5.97. The third-order valence-corrected chi connectivity index (χ3v) is 4.03. The van der Waals surface area contributed by atoms with Gasteiger partial charge in [0.25, 0.3) is 5.91 Å². The Kier molecular flexibility index (Phi) is 4.60. The highest BCUT2D eigenvalue weighted by Crippen LogP contribution is 2.19. The smallest absolute Gasteiger partial charge is 0.251 e. The van der Waals surface area contributed by atoms with E-state index in [0.717, 1.165) is 54.0 Å². The molecule has 2 N–H and O–H groups in total. The van der Waals surface area contributed by atoms with Gasteiger partial charge in [-0.15, -0.1) is 0 Å². The number of fused-ring (bicyclic) bond motifs is 1. The monoisotopic (exact) mass is 309 g/mol. The van der Waals surface area contributed by atoms with E-state index >= 15 is 0 Å². The van der Waals surface area contributed by atoms with Crippen LogP contribution in [0.5, 0.6) is 0 Å². The van der Waals surface area contributed by atoms with Crippen LogP contribution in [0, 0.1) is 5.92 Å². The fourth-order valence-corrected chi connectivity index (χ4v) is 2.84. The fourth-order valence-electron chi connectivity index (χ4n) is 2.84. The molecule has 1 amide bonds. The summed E-state index contributed by atoms with van der Waals surface area (Å²) in [6.45, 7) is 5.86. The van der Waals surface area contributed by atoms with Crippen molar-refractivity contribution in [1.82, 2.24) is 10.3 Å². The van der Waals surface area contributed by atoms with Crippen molar-refractivity contribution >= 4 is 11.6 Å². The van der Waals surface area contributed by atoms with Crippen LogP contribution in [0.1, 0.15) is 41.0 Å². The molecule has 0 aliphatic carbocycles. The van der Waals surface area contributed by atoms with Gasteiger partial charge in [-0.1, -0.05) is 19.9 Å². The van der Waals surface area contributed by atoms with Gasteiger partial charge in [0.05, 0.1) is 0 Å². The molecule has 3 rings (SSSR count). The first-order valence-electron chi connectivity index (χ1n) is 8.20. The van der Waals surface area contributed by atoms with E-state index in [0.29, 0.717) is 5.92 Å². The second-order valence-corrected chi connectivity index (χ2v) is 6.49. The molecule has 4 nitrogen and oxygen atoms in total. The lowest BCUT2D eigenvalue weighted by Gasteiger charge is -2.17. The third kappa shape index (κ3) is 3.89. The van der Waals surface area contributed by atoms with E-state index in [-0.39, 0.29) is 5.91 Å². The van der Waals surface area contributed by atoms with E-state index in [4.69, 9.17) is 0 Å². The average Bonchev–Trinajstić information content (AvgIpc) is 2.54. The number of hydrogen-bond acceptors (Lipinski definition) is 3. The number of nitrogens with one attached hydrogen (secondary N) is 2. The predicted molar refractivity (Wildman–Crippen MR) is 92.6 cm³/mol.